The summed E-state index contributed by atoms with van der Waals surface area (Å²) >= 11 is 4.47. The third-order valence-corrected chi connectivity index (χ3v) is 3.89. The Labute approximate surface area is 122 Å². The topological polar surface area (TPSA) is 61.3 Å². The Morgan fingerprint density at radius 3 is 2.84 bits per heavy atom. The first kappa shape index (κ1) is 14.0. The van der Waals surface area contributed by atoms with Gasteiger partial charge in [0.15, 0.2) is 10.7 Å². The Kier molecular flexibility index (Phi) is 4.86. The fourth-order valence-electron chi connectivity index (χ4n) is 1.36. The van der Waals surface area contributed by atoms with Crippen LogP contribution in [0.4, 0.5) is 0 Å². The molecule has 0 radical (unpaired) electrons. The lowest BCUT2D eigenvalue weighted by Crippen LogP contribution is -2.10. The van der Waals surface area contributed by atoms with Gasteiger partial charge < -0.3 is 9.47 Å². The molecule has 1 aromatic carbocycles. The molecule has 0 aliphatic carbocycles. The monoisotopic (exact) mass is 342 g/mol. The third-order valence-electron chi connectivity index (χ3n) is 2.17. The van der Waals surface area contributed by atoms with Crippen LogP contribution in [0.3, 0.4) is 0 Å². The van der Waals surface area contributed by atoms with Gasteiger partial charge in [-0.15, -0.1) is 5.10 Å². The molecular formula is C12H11BrN2O3S. The quantitative estimate of drug-likeness (QED) is 0.616. The molecule has 19 heavy (non-hydrogen) atoms. The normalized spacial score (nSPS) is 11.9. The summed E-state index contributed by atoms with van der Waals surface area (Å²) in [5.41, 5.74) is 0.185. The number of benzene rings is 1. The SMILES string of the molecule is CCOC(=O)c1nnsc1C(Br)Oc1ccccc1. The number of hydrogen-bond acceptors (Lipinski definition) is 6. The van der Waals surface area contributed by atoms with Crippen molar-refractivity contribution in [2.75, 3.05) is 6.61 Å². The number of nitrogens with zero attached hydrogens (tertiary/aromatic N) is 2. The molecule has 5 nitrogen and oxygen atoms in total. The first-order valence-electron chi connectivity index (χ1n) is 5.57. The van der Waals surface area contributed by atoms with Gasteiger partial charge in [0.05, 0.1) is 6.61 Å². The van der Waals surface area contributed by atoms with Crippen molar-refractivity contribution in [3.05, 3.63) is 40.9 Å². The first-order valence-corrected chi connectivity index (χ1v) is 7.26. The number of carbonyl (C=O) groups is 1. The minimum absolute atomic E-state index is 0.185. The molecular weight excluding hydrogens is 332 g/mol. The molecule has 100 valence electrons. The van der Waals surface area contributed by atoms with Gasteiger partial charge in [-0.2, -0.15) is 0 Å². The molecule has 1 unspecified atom stereocenters. The minimum Gasteiger partial charge on any atom is -0.473 e. The molecule has 0 aliphatic rings. The van der Waals surface area contributed by atoms with E-state index in [9.17, 15) is 4.79 Å². The Hall–Kier alpha value is -1.47. The molecule has 0 bridgehead atoms. The Bertz CT molecular complexity index is 547. The Morgan fingerprint density at radius 2 is 2.16 bits per heavy atom. The van der Waals surface area contributed by atoms with Crippen LogP contribution in [0.15, 0.2) is 30.3 Å². The smallest absolute Gasteiger partial charge is 0.360 e. The van der Waals surface area contributed by atoms with Crippen molar-refractivity contribution >= 4 is 33.4 Å². The van der Waals surface area contributed by atoms with Gasteiger partial charge in [-0.1, -0.05) is 22.7 Å². The van der Waals surface area contributed by atoms with Gasteiger partial charge in [-0.25, -0.2) is 4.79 Å². The second kappa shape index (κ2) is 6.63. The highest BCUT2D eigenvalue weighted by atomic mass is 79.9. The number of aromatic nitrogens is 2. The zero-order valence-electron chi connectivity index (χ0n) is 10.1. The van der Waals surface area contributed by atoms with Gasteiger partial charge in [0.1, 0.15) is 10.6 Å². The summed E-state index contributed by atoms with van der Waals surface area (Å²) in [6.45, 7) is 2.03. The largest absolute Gasteiger partial charge is 0.473 e. The molecule has 0 saturated heterocycles. The zero-order chi connectivity index (χ0) is 13.7. The summed E-state index contributed by atoms with van der Waals surface area (Å²) in [7, 11) is 0. The molecule has 7 heteroatoms. The summed E-state index contributed by atoms with van der Waals surface area (Å²) in [6, 6.07) is 9.28. The summed E-state index contributed by atoms with van der Waals surface area (Å²) in [6.07, 6.45) is 0. The van der Waals surface area contributed by atoms with E-state index in [0.29, 0.717) is 17.2 Å². The van der Waals surface area contributed by atoms with Gasteiger partial charge in [-0.05, 0) is 46.5 Å². The van der Waals surface area contributed by atoms with Crippen LogP contribution in [0.1, 0.15) is 27.3 Å². The Morgan fingerprint density at radius 1 is 1.42 bits per heavy atom. The van der Waals surface area contributed by atoms with Crippen molar-refractivity contribution in [1.29, 1.82) is 0 Å². The number of hydrogen-bond donors (Lipinski definition) is 0. The molecule has 0 aliphatic heterocycles. The highest BCUT2D eigenvalue weighted by Crippen LogP contribution is 2.31. The van der Waals surface area contributed by atoms with Crippen LogP contribution < -0.4 is 4.74 Å². The lowest BCUT2D eigenvalue weighted by molar-refractivity contribution is 0.0516. The van der Waals surface area contributed by atoms with Gasteiger partial charge in [0, 0.05) is 0 Å². The van der Waals surface area contributed by atoms with E-state index in [4.69, 9.17) is 9.47 Å². The van der Waals surface area contributed by atoms with E-state index in [1.807, 2.05) is 30.3 Å². The number of alkyl halides is 1. The molecule has 1 heterocycles. The van der Waals surface area contributed by atoms with Crippen molar-refractivity contribution in [2.24, 2.45) is 0 Å². The average molecular weight is 343 g/mol. The van der Waals surface area contributed by atoms with E-state index in [1.165, 1.54) is 0 Å². The predicted molar refractivity (Wildman–Crippen MR) is 74.6 cm³/mol. The summed E-state index contributed by atoms with van der Waals surface area (Å²) in [5.74, 6) is 0.194. The van der Waals surface area contributed by atoms with Crippen LogP contribution >= 0.6 is 27.5 Å². The number of ether oxygens (including phenoxy) is 2. The van der Waals surface area contributed by atoms with E-state index < -0.39 is 11.0 Å². The molecule has 1 aromatic heterocycles. The van der Waals surface area contributed by atoms with Crippen LogP contribution in [-0.2, 0) is 4.74 Å². The van der Waals surface area contributed by atoms with Crippen LogP contribution in [0.2, 0.25) is 0 Å². The number of carbonyl (C=O) groups excluding carboxylic acids is 1. The molecule has 2 aromatic rings. The summed E-state index contributed by atoms with van der Waals surface area (Å²) in [5, 5.41) is 3.29. The second-order valence-corrected chi connectivity index (χ2v) is 5.07. The number of esters is 1. The third kappa shape index (κ3) is 3.51. The van der Waals surface area contributed by atoms with Gasteiger partial charge in [0.2, 0.25) is 0 Å². The fourth-order valence-corrected chi connectivity index (χ4v) is 2.60. The lowest BCUT2D eigenvalue weighted by atomic mass is 10.3. The highest BCUT2D eigenvalue weighted by molar-refractivity contribution is 9.09. The summed E-state index contributed by atoms with van der Waals surface area (Å²) in [4.78, 5) is 12.3. The molecule has 2 rings (SSSR count). The van der Waals surface area contributed by atoms with Gasteiger partial charge in [-0.3, -0.25) is 0 Å². The van der Waals surface area contributed by atoms with Crippen molar-refractivity contribution in [3.63, 3.8) is 0 Å². The maximum Gasteiger partial charge on any atom is 0.360 e. The molecule has 1 atom stereocenters. The highest BCUT2D eigenvalue weighted by Gasteiger charge is 2.24. The predicted octanol–water partition coefficient (Wildman–Crippen LogP) is 3.19. The van der Waals surface area contributed by atoms with Gasteiger partial charge >= 0.3 is 5.97 Å². The molecule has 0 spiro atoms. The van der Waals surface area contributed by atoms with E-state index in [1.54, 1.807) is 6.92 Å². The number of halogens is 1. The Balaban J connectivity index is 2.13. The van der Waals surface area contributed by atoms with Crippen molar-refractivity contribution in [1.82, 2.24) is 9.59 Å². The van der Waals surface area contributed by atoms with Crippen molar-refractivity contribution in [2.45, 2.75) is 11.9 Å². The molecule has 0 fully saturated rings. The first-order chi connectivity index (χ1) is 9.22. The molecule has 0 saturated carbocycles. The maximum absolute atomic E-state index is 11.7. The van der Waals surface area contributed by atoms with Crippen LogP contribution in [-0.4, -0.2) is 22.2 Å². The van der Waals surface area contributed by atoms with E-state index in [2.05, 4.69) is 25.5 Å². The molecule has 0 amide bonds. The number of para-hydroxylation sites is 1. The number of rotatable bonds is 5. The zero-order valence-corrected chi connectivity index (χ0v) is 12.5. The fraction of sp³-hybridized carbons (Fsp3) is 0.250. The standard InChI is InChI=1S/C12H11BrN2O3S/c1-2-17-12(16)9-10(19-15-14-9)11(13)18-8-6-4-3-5-7-8/h3-7,11H,2H2,1H3. The van der Waals surface area contributed by atoms with Crippen LogP contribution in [0, 0.1) is 0 Å². The van der Waals surface area contributed by atoms with Crippen molar-refractivity contribution < 1.29 is 14.3 Å². The van der Waals surface area contributed by atoms with Crippen LogP contribution in [0.25, 0.3) is 0 Å². The second-order valence-electron chi connectivity index (χ2n) is 3.45. The molecule has 0 N–H and O–H groups in total. The van der Waals surface area contributed by atoms with E-state index in [-0.39, 0.29) is 5.69 Å². The van der Waals surface area contributed by atoms with Gasteiger partial charge in [0.25, 0.3) is 0 Å². The van der Waals surface area contributed by atoms with E-state index >= 15 is 0 Å². The van der Waals surface area contributed by atoms with E-state index in [0.717, 1.165) is 11.5 Å². The minimum atomic E-state index is -0.493. The average Bonchev–Trinajstić information content (AvgIpc) is 2.89. The maximum atomic E-state index is 11.7. The van der Waals surface area contributed by atoms with Crippen LogP contribution in [0.5, 0.6) is 5.75 Å². The van der Waals surface area contributed by atoms with Crippen molar-refractivity contribution in [3.8, 4) is 5.75 Å². The lowest BCUT2D eigenvalue weighted by Gasteiger charge is -2.11. The summed E-state index contributed by atoms with van der Waals surface area (Å²) < 4.78 is 14.4.